The maximum Gasteiger partial charge on any atom is 0.171 e. The van der Waals surface area contributed by atoms with Gasteiger partial charge in [-0.25, -0.2) is 0 Å². The molecule has 2 aromatic rings. The van der Waals surface area contributed by atoms with Crippen LogP contribution in [0, 0.1) is 0 Å². The van der Waals surface area contributed by atoms with Crippen LogP contribution in [0.1, 0.15) is 31.2 Å². The molecule has 1 aliphatic carbocycles. The molecule has 1 saturated carbocycles. The lowest BCUT2D eigenvalue weighted by Gasteiger charge is -2.33. The van der Waals surface area contributed by atoms with E-state index in [-0.39, 0.29) is 5.54 Å². The summed E-state index contributed by atoms with van der Waals surface area (Å²) in [4.78, 5) is 0. The first-order valence-electron chi connectivity index (χ1n) is 8.74. The summed E-state index contributed by atoms with van der Waals surface area (Å²) in [5, 5.41) is 8.00. The summed E-state index contributed by atoms with van der Waals surface area (Å²) in [7, 11) is 3.29. The second-order valence-electron chi connectivity index (χ2n) is 6.57. The highest BCUT2D eigenvalue weighted by Crippen LogP contribution is 2.42. The molecule has 1 aliphatic rings. The number of halogens is 2. The van der Waals surface area contributed by atoms with Gasteiger partial charge < -0.3 is 20.1 Å². The van der Waals surface area contributed by atoms with E-state index in [1.54, 1.807) is 14.2 Å². The van der Waals surface area contributed by atoms with E-state index in [4.69, 9.17) is 33.3 Å². The van der Waals surface area contributed by atoms with Crippen molar-refractivity contribution in [3.8, 4) is 11.5 Å². The third-order valence-corrected chi connectivity index (χ3v) is 6.36. The molecule has 0 heterocycles. The molecule has 0 radical (unpaired) electrons. The fraction of sp³-hybridized carbons (Fsp3) is 0.350. The van der Waals surface area contributed by atoms with Gasteiger partial charge in [-0.2, -0.15) is 0 Å². The number of nitrogens with one attached hydrogen (secondary N) is 2. The summed E-state index contributed by atoms with van der Waals surface area (Å²) >= 11 is 15.2. The van der Waals surface area contributed by atoms with E-state index in [0.717, 1.165) is 52.9 Å². The molecule has 2 aromatic carbocycles. The van der Waals surface area contributed by atoms with Crippen molar-refractivity contribution < 1.29 is 9.47 Å². The minimum absolute atomic E-state index is 0.219. The maximum atomic E-state index is 6.18. The molecule has 3 rings (SSSR count). The fourth-order valence-electron chi connectivity index (χ4n) is 3.55. The Balaban J connectivity index is 1.82. The molecule has 0 spiro atoms. The Labute approximate surface area is 178 Å². The Bertz CT molecular complexity index is 841. The molecule has 1 fully saturated rings. The lowest BCUT2D eigenvalue weighted by Crippen LogP contribution is -2.45. The van der Waals surface area contributed by atoms with Gasteiger partial charge in [0, 0.05) is 10.2 Å². The normalized spacial score (nSPS) is 15.3. The average molecular weight is 470 g/mol. The van der Waals surface area contributed by atoms with Gasteiger partial charge >= 0.3 is 0 Å². The lowest BCUT2D eigenvalue weighted by molar-refractivity contribution is 0.350. The molecule has 0 saturated heterocycles. The predicted molar refractivity (Wildman–Crippen MR) is 118 cm³/mol. The van der Waals surface area contributed by atoms with Crippen molar-refractivity contribution in [2.75, 3.05) is 19.5 Å². The molecule has 7 heteroatoms. The zero-order chi connectivity index (χ0) is 19.4. The Morgan fingerprint density at radius 3 is 2.41 bits per heavy atom. The molecule has 4 nitrogen and oxygen atoms in total. The van der Waals surface area contributed by atoms with E-state index in [1.807, 2.05) is 30.3 Å². The van der Waals surface area contributed by atoms with Gasteiger partial charge in [-0.3, -0.25) is 0 Å². The fourth-order valence-corrected chi connectivity index (χ4v) is 4.29. The molecule has 0 bridgehead atoms. The summed E-state index contributed by atoms with van der Waals surface area (Å²) < 4.78 is 11.7. The standard InChI is InChI=1S/C20H22BrClN2O2S/c1-25-17-8-5-13(11-18(17)26-2)20(9-3-4-10-20)24-19(27)23-14-6-7-15(21)16(22)12-14/h5-8,11-12H,3-4,9-10H2,1-2H3,(H2,23,24,27). The minimum atomic E-state index is -0.219. The zero-order valence-electron chi connectivity index (χ0n) is 15.3. The van der Waals surface area contributed by atoms with Crippen molar-refractivity contribution >= 4 is 50.5 Å². The van der Waals surface area contributed by atoms with E-state index in [1.165, 1.54) is 0 Å². The van der Waals surface area contributed by atoms with Crippen LogP contribution in [0.2, 0.25) is 5.02 Å². The third-order valence-electron chi connectivity index (χ3n) is 4.92. The number of anilines is 1. The maximum absolute atomic E-state index is 6.18. The van der Waals surface area contributed by atoms with Crippen LogP contribution in [0.3, 0.4) is 0 Å². The molecule has 0 amide bonds. The third kappa shape index (κ3) is 4.50. The smallest absolute Gasteiger partial charge is 0.171 e. The van der Waals surface area contributed by atoms with E-state index < -0.39 is 0 Å². The van der Waals surface area contributed by atoms with E-state index in [2.05, 4.69) is 32.6 Å². The average Bonchev–Trinajstić information content (AvgIpc) is 3.13. The first kappa shape index (κ1) is 20.2. The van der Waals surface area contributed by atoms with Crippen LogP contribution >= 0.6 is 39.7 Å². The van der Waals surface area contributed by atoms with Gasteiger partial charge in [-0.1, -0.05) is 30.5 Å². The van der Waals surface area contributed by atoms with Crippen molar-refractivity contribution in [2.45, 2.75) is 31.2 Å². The summed E-state index contributed by atoms with van der Waals surface area (Å²) in [5.74, 6) is 1.45. The summed E-state index contributed by atoms with van der Waals surface area (Å²) in [5.41, 5.74) is 1.78. The van der Waals surface area contributed by atoms with Crippen molar-refractivity contribution in [1.82, 2.24) is 5.32 Å². The number of hydrogen-bond acceptors (Lipinski definition) is 3. The van der Waals surface area contributed by atoms with Gasteiger partial charge in [0.15, 0.2) is 16.6 Å². The second-order valence-corrected chi connectivity index (χ2v) is 8.24. The molecular formula is C20H22BrClN2O2S. The minimum Gasteiger partial charge on any atom is -0.493 e. The van der Waals surface area contributed by atoms with Gasteiger partial charge in [0.05, 0.1) is 24.8 Å². The van der Waals surface area contributed by atoms with Crippen molar-refractivity contribution in [3.05, 3.63) is 51.5 Å². The van der Waals surface area contributed by atoms with E-state index in [0.29, 0.717) is 10.1 Å². The predicted octanol–water partition coefficient (Wildman–Crippen LogP) is 5.88. The summed E-state index contributed by atoms with van der Waals surface area (Å²) in [6, 6.07) is 11.7. The van der Waals surface area contributed by atoms with Gasteiger partial charge in [0.1, 0.15) is 0 Å². The first-order chi connectivity index (χ1) is 13.0. The Kier molecular flexibility index (Phi) is 6.50. The molecule has 144 valence electrons. The molecule has 27 heavy (non-hydrogen) atoms. The van der Waals surface area contributed by atoms with Crippen LogP contribution in [-0.4, -0.2) is 19.3 Å². The van der Waals surface area contributed by atoms with Crippen LogP contribution in [0.4, 0.5) is 5.69 Å². The quantitative estimate of drug-likeness (QED) is 0.536. The number of methoxy groups -OCH3 is 2. The monoisotopic (exact) mass is 468 g/mol. The van der Waals surface area contributed by atoms with Crippen LogP contribution in [-0.2, 0) is 5.54 Å². The molecule has 2 N–H and O–H groups in total. The summed E-state index contributed by atoms with van der Waals surface area (Å²) in [6.07, 6.45) is 4.30. The number of hydrogen-bond donors (Lipinski definition) is 2. The molecular weight excluding hydrogens is 448 g/mol. The highest BCUT2D eigenvalue weighted by molar-refractivity contribution is 9.10. The number of thiocarbonyl (C=S) groups is 1. The lowest BCUT2D eigenvalue weighted by atomic mass is 9.88. The van der Waals surface area contributed by atoms with Crippen molar-refractivity contribution in [3.63, 3.8) is 0 Å². The Morgan fingerprint density at radius 1 is 1.07 bits per heavy atom. The van der Waals surface area contributed by atoms with Gasteiger partial charge in [-0.15, -0.1) is 0 Å². The van der Waals surface area contributed by atoms with Crippen LogP contribution in [0.25, 0.3) is 0 Å². The van der Waals surface area contributed by atoms with E-state index >= 15 is 0 Å². The topological polar surface area (TPSA) is 42.5 Å². The SMILES string of the molecule is COc1ccc(C2(NC(=S)Nc3ccc(Br)c(Cl)c3)CCCC2)cc1OC. The Morgan fingerprint density at radius 2 is 1.78 bits per heavy atom. The molecule has 0 atom stereocenters. The van der Waals surface area contributed by atoms with Gasteiger partial charge in [0.2, 0.25) is 0 Å². The highest BCUT2D eigenvalue weighted by atomic mass is 79.9. The zero-order valence-corrected chi connectivity index (χ0v) is 18.4. The second kappa shape index (κ2) is 8.67. The van der Waals surface area contributed by atoms with Crippen molar-refractivity contribution in [1.29, 1.82) is 0 Å². The number of rotatable bonds is 5. The van der Waals surface area contributed by atoms with Crippen molar-refractivity contribution in [2.24, 2.45) is 0 Å². The number of benzene rings is 2. The van der Waals surface area contributed by atoms with Gasteiger partial charge in [-0.05, 0) is 76.9 Å². The van der Waals surface area contributed by atoms with Gasteiger partial charge in [0.25, 0.3) is 0 Å². The summed E-state index contributed by atoms with van der Waals surface area (Å²) in [6.45, 7) is 0. The number of ether oxygens (including phenoxy) is 2. The van der Waals surface area contributed by atoms with Crippen LogP contribution in [0.5, 0.6) is 11.5 Å². The molecule has 0 aliphatic heterocycles. The van der Waals surface area contributed by atoms with Crippen LogP contribution in [0.15, 0.2) is 40.9 Å². The van der Waals surface area contributed by atoms with E-state index in [9.17, 15) is 0 Å². The largest absolute Gasteiger partial charge is 0.493 e. The molecule has 0 unspecified atom stereocenters. The molecule has 0 aromatic heterocycles. The highest BCUT2D eigenvalue weighted by Gasteiger charge is 2.37. The van der Waals surface area contributed by atoms with Crippen LogP contribution < -0.4 is 20.1 Å². The Hall–Kier alpha value is -1.50. The first-order valence-corrected chi connectivity index (χ1v) is 10.3.